The van der Waals surface area contributed by atoms with Gasteiger partial charge in [0.15, 0.2) is 5.96 Å². The maximum Gasteiger partial charge on any atom is 0.191 e. The van der Waals surface area contributed by atoms with Crippen LogP contribution in [0.25, 0.3) is 0 Å². The third kappa shape index (κ3) is 5.32. The summed E-state index contributed by atoms with van der Waals surface area (Å²) < 4.78 is 0. The molecule has 2 rings (SSSR count). The lowest BCUT2D eigenvalue weighted by molar-refractivity contribution is 0.00397. The van der Waals surface area contributed by atoms with E-state index in [-0.39, 0.29) is 11.5 Å². The Morgan fingerprint density at radius 2 is 2.09 bits per heavy atom. The maximum absolute atomic E-state index is 10.3. The van der Waals surface area contributed by atoms with Crippen LogP contribution in [0.5, 0.6) is 0 Å². The minimum Gasteiger partial charge on any atom is -0.392 e. The standard InChI is InChI=1S/C16H32N4OS/c1-16(6-4-3-5-14(16)21)13-19-15(17-2)18-7-8-20-9-11-22-12-10-20/h14,21H,3-13H2,1-2H3,(H2,17,18,19). The van der Waals surface area contributed by atoms with Gasteiger partial charge in [0.1, 0.15) is 0 Å². The van der Waals surface area contributed by atoms with E-state index in [9.17, 15) is 5.11 Å². The summed E-state index contributed by atoms with van der Waals surface area (Å²) in [7, 11) is 1.81. The van der Waals surface area contributed by atoms with Crippen molar-refractivity contribution in [2.24, 2.45) is 10.4 Å². The first-order valence-corrected chi connectivity index (χ1v) is 9.72. The van der Waals surface area contributed by atoms with Crippen molar-refractivity contribution in [3.63, 3.8) is 0 Å². The van der Waals surface area contributed by atoms with Crippen molar-refractivity contribution in [1.82, 2.24) is 15.5 Å². The summed E-state index contributed by atoms with van der Waals surface area (Å²) in [5.41, 5.74) is -0.0278. The van der Waals surface area contributed by atoms with Crippen molar-refractivity contribution in [1.29, 1.82) is 0 Å². The van der Waals surface area contributed by atoms with Gasteiger partial charge in [0.05, 0.1) is 6.10 Å². The van der Waals surface area contributed by atoms with E-state index in [2.05, 4.69) is 27.4 Å². The van der Waals surface area contributed by atoms with Gasteiger partial charge in [0.2, 0.25) is 0 Å². The van der Waals surface area contributed by atoms with Crippen LogP contribution in [0.4, 0.5) is 0 Å². The minimum atomic E-state index is -0.197. The highest BCUT2D eigenvalue weighted by atomic mass is 32.2. The Hall–Kier alpha value is -0.460. The van der Waals surface area contributed by atoms with Crippen LogP contribution in [-0.4, -0.2) is 73.3 Å². The average molecular weight is 329 g/mol. The number of rotatable bonds is 5. The molecule has 1 saturated carbocycles. The van der Waals surface area contributed by atoms with Crippen LogP contribution in [0.2, 0.25) is 0 Å². The fourth-order valence-electron chi connectivity index (χ4n) is 3.25. The molecule has 0 bridgehead atoms. The van der Waals surface area contributed by atoms with E-state index in [0.717, 1.165) is 44.9 Å². The molecule has 2 atom stereocenters. The molecule has 0 radical (unpaired) electrons. The second kappa shape index (κ2) is 8.99. The Morgan fingerprint density at radius 1 is 1.32 bits per heavy atom. The highest BCUT2D eigenvalue weighted by Gasteiger charge is 2.35. The number of hydrogen-bond donors (Lipinski definition) is 3. The smallest absolute Gasteiger partial charge is 0.191 e. The van der Waals surface area contributed by atoms with Gasteiger partial charge >= 0.3 is 0 Å². The average Bonchev–Trinajstić information content (AvgIpc) is 2.55. The summed E-state index contributed by atoms with van der Waals surface area (Å²) in [6, 6.07) is 0. The molecule has 6 heteroatoms. The van der Waals surface area contributed by atoms with E-state index in [1.165, 1.54) is 31.0 Å². The van der Waals surface area contributed by atoms with Crippen LogP contribution in [0, 0.1) is 5.41 Å². The number of thioether (sulfide) groups is 1. The molecule has 0 aromatic rings. The molecule has 2 fully saturated rings. The summed E-state index contributed by atoms with van der Waals surface area (Å²) in [6.45, 7) is 7.35. The van der Waals surface area contributed by atoms with Gasteiger partial charge in [-0.05, 0) is 12.8 Å². The number of hydrogen-bond acceptors (Lipinski definition) is 4. The fraction of sp³-hybridized carbons (Fsp3) is 0.938. The second-order valence-corrected chi connectivity index (χ2v) is 7.95. The van der Waals surface area contributed by atoms with Gasteiger partial charge < -0.3 is 15.7 Å². The van der Waals surface area contributed by atoms with Gasteiger partial charge in [-0.2, -0.15) is 11.8 Å². The van der Waals surface area contributed by atoms with Gasteiger partial charge in [-0.25, -0.2) is 0 Å². The van der Waals surface area contributed by atoms with Crippen LogP contribution in [0.3, 0.4) is 0 Å². The van der Waals surface area contributed by atoms with Crippen molar-refractivity contribution in [2.75, 3.05) is 51.3 Å². The Labute approximate surface area is 139 Å². The Balaban J connectivity index is 1.68. The molecule has 1 heterocycles. The molecule has 0 spiro atoms. The largest absolute Gasteiger partial charge is 0.392 e. The number of aliphatic imine (C=N–C) groups is 1. The SMILES string of the molecule is CN=C(NCCN1CCSCC1)NCC1(C)CCCCC1O. The third-order valence-electron chi connectivity index (χ3n) is 4.99. The molecule has 128 valence electrons. The van der Waals surface area contributed by atoms with Crippen LogP contribution in [0.15, 0.2) is 4.99 Å². The lowest BCUT2D eigenvalue weighted by atomic mass is 9.73. The Kier molecular flexibility index (Phi) is 7.31. The summed E-state index contributed by atoms with van der Waals surface area (Å²) in [5, 5.41) is 17.1. The minimum absolute atomic E-state index is 0.0278. The first-order chi connectivity index (χ1) is 10.6. The molecule has 3 N–H and O–H groups in total. The van der Waals surface area contributed by atoms with E-state index < -0.39 is 0 Å². The number of nitrogens with zero attached hydrogens (tertiary/aromatic N) is 2. The number of aliphatic hydroxyl groups excluding tert-OH is 1. The number of guanidine groups is 1. The first kappa shape index (κ1) is 17.9. The molecular formula is C16H32N4OS. The summed E-state index contributed by atoms with van der Waals surface area (Å²) >= 11 is 2.04. The van der Waals surface area contributed by atoms with Gasteiger partial charge in [0, 0.05) is 56.7 Å². The fourth-order valence-corrected chi connectivity index (χ4v) is 4.23. The monoisotopic (exact) mass is 328 g/mol. The molecule has 1 aliphatic carbocycles. The van der Waals surface area contributed by atoms with E-state index in [0.29, 0.717) is 0 Å². The normalized spacial score (nSPS) is 31.0. The van der Waals surface area contributed by atoms with Crippen LogP contribution >= 0.6 is 11.8 Å². The molecule has 2 unspecified atom stereocenters. The molecule has 0 aromatic carbocycles. The predicted octanol–water partition coefficient (Wildman–Crippen LogP) is 1.14. The summed E-state index contributed by atoms with van der Waals surface area (Å²) in [4.78, 5) is 6.80. The zero-order valence-electron chi connectivity index (χ0n) is 14.1. The third-order valence-corrected chi connectivity index (χ3v) is 5.93. The van der Waals surface area contributed by atoms with E-state index >= 15 is 0 Å². The Morgan fingerprint density at radius 3 is 2.77 bits per heavy atom. The van der Waals surface area contributed by atoms with Crippen LogP contribution in [0.1, 0.15) is 32.6 Å². The first-order valence-electron chi connectivity index (χ1n) is 8.57. The zero-order valence-corrected chi connectivity index (χ0v) is 14.9. The maximum atomic E-state index is 10.3. The van der Waals surface area contributed by atoms with Gasteiger partial charge in [-0.3, -0.25) is 9.89 Å². The molecule has 5 nitrogen and oxygen atoms in total. The predicted molar refractivity (Wildman–Crippen MR) is 95.7 cm³/mol. The number of nitrogens with one attached hydrogen (secondary N) is 2. The molecule has 1 aliphatic heterocycles. The molecule has 22 heavy (non-hydrogen) atoms. The highest BCUT2D eigenvalue weighted by molar-refractivity contribution is 7.99. The number of aliphatic hydroxyl groups is 1. The quantitative estimate of drug-likeness (QED) is 0.522. The topological polar surface area (TPSA) is 59.9 Å². The van der Waals surface area contributed by atoms with Gasteiger partial charge in [-0.15, -0.1) is 0 Å². The zero-order chi connectivity index (χ0) is 15.8. The summed E-state index contributed by atoms with van der Waals surface area (Å²) in [5.74, 6) is 3.36. The van der Waals surface area contributed by atoms with Gasteiger partial charge in [0.25, 0.3) is 0 Å². The lowest BCUT2D eigenvalue weighted by Gasteiger charge is -2.38. The Bertz CT molecular complexity index is 360. The highest BCUT2D eigenvalue weighted by Crippen LogP contribution is 2.35. The molecular weight excluding hydrogens is 296 g/mol. The van der Waals surface area contributed by atoms with Crippen LogP contribution < -0.4 is 10.6 Å². The summed E-state index contributed by atoms with van der Waals surface area (Å²) in [6.07, 6.45) is 4.19. The van der Waals surface area contributed by atoms with Crippen molar-refractivity contribution >= 4 is 17.7 Å². The molecule has 0 aromatic heterocycles. The molecule has 2 aliphatic rings. The van der Waals surface area contributed by atoms with E-state index in [1.807, 2.05) is 18.8 Å². The molecule has 0 amide bonds. The van der Waals surface area contributed by atoms with Gasteiger partial charge in [-0.1, -0.05) is 19.8 Å². The molecule has 1 saturated heterocycles. The van der Waals surface area contributed by atoms with Crippen molar-refractivity contribution in [3.05, 3.63) is 0 Å². The van der Waals surface area contributed by atoms with Crippen molar-refractivity contribution in [3.8, 4) is 0 Å². The second-order valence-electron chi connectivity index (χ2n) is 6.72. The van der Waals surface area contributed by atoms with E-state index in [1.54, 1.807) is 0 Å². The van der Waals surface area contributed by atoms with Crippen LogP contribution in [-0.2, 0) is 0 Å². The van der Waals surface area contributed by atoms with E-state index in [4.69, 9.17) is 0 Å². The lowest BCUT2D eigenvalue weighted by Crippen LogP contribution is -2.49. The van der Waals surface area contributed by atoms with Crippen molar-refractivity contribution < 1.29 is 5.11 Å². The van der Waals surface area contributed by atoms with Crippen molar-refractivity contribution in [2.45, 2.75) is 38.7 Å².